The number of amides is 4. The Morgan fingerprint density at radius 3 is 1.58 bits per heavy atom. The lowest BCUT2D eigenvalue weighted by Gasteiger charge is -2.39. The molecule has 270 valence electrons. The first-order chi connectivity index (χ1) is 25.0. The second-order valence-electron chi connectivity index (χ2n) is 14.1. The van der Waals surface area contributed by atoms with Gasteiger partial charge in [-0.25, -0.2) is 9.59 Å². The molecule has 2 saturated heterocycles. The van der Waals surface area contributed by atoms with Crippen molar-refractivity contribution < 1.29 is 28.7 Å². The fraction of sp³-hybridized carbons (Fsp3) is 0.400. The standard InChI is InChI=1S/C40H42N4O6S2/c1-4-49-37(47)41-33(45)39(22-6-5-7-23-39)44(35(41)51)32-20-16-30(17-21-32)29-14-12-28(13-15-29)27(3)50-38(48)42-34(46)40(24-8-9-25-40)43(36(42)52)31-18-10-26(2)11-19-31/h10-21,27H,4-9,22-25H2,1-3H3. The van der Waals surface area contributed by atoms with Crippen LogP contribution in [0.3, 0.4) is 0 Å². The van der Waals surface area contributed by atoms with Gasteiger partial charge >= 0.3 is 12.2 Å². The molecule has 1 unspecified atom stereocenters. The zero-order chi connectivity index (χ0) is 36.8. The molecule has 52 heavy (non-hydrogen) atoms. The van der Waals surface area contributed by atoms with Crippen molar-refractivity contribution in [3.63, 3.8) is 0 Å². The molecule has 4 aliphatic rings. The topological polar surface area (TPSA) is 99.7 Å². The van der Waals surface area contributed by atoms with E-state index in [0.29, 0.717) is 25.7 Å². The highest BCUT2D eigenvalue weighted by Gasteiger charge is 2.60. The molecule has 2 heterocycles. The maximum Gasteiger partial charge on any atom is 0.423 e. The van der Waals surface area contributed by atoms with Crippen molar-refractivity contribution in [1.29, 1.82) is 0 Å². The van der Waals surface area contributed by atoms with E-state index in [0.717, 1.165) is 75.5 Å². The Hall–Kier alpha value is -4.68. The predicted octanol–water partition coefficient (Wildman–Crippen LogP) is 8.60. The van der Waals surface area contributed by atoms with E-state index in [4.69, 9.17) is 33.9 Å². The summed E-state index contributed by atoms with van der Waals surface area (Å²) in [6, 6.07) is 23.3. The highest BCUT2D eigenvalue weighted by atomic mass is 32.1. The fourth-order valence-corrected chi connectivity index (χ4v) is 9.13. The Balaban J connectivity index is 1.06. The van der Waals surface area contributed by atoms with Crippen molar-refractivity contribution in [2.24, 2.45) is 0 Å². The van der Waals surface area contributed by atoms with Crippen LogP contribution in [0.5, 0.6) is 0 Å². The molecule has 0 aromatic heterocycles. The first kappa shape index (κ1) is 35.7. The van der Waals surface area contributed by atoms with Crippen molar-refractivity contribution in [3.05, 3.63) is 83.9 Å². The first-order valence-electron chi connectivity index (χ1n) is 18.0. The number of carbonyl (C=O) groups excluding carboxylic acids is 4. The second-order valence-corrected chi connectivity index (χ2v) is 14.8. The number of hydrogen-bond acceptors (Lipinski definition) is 8. The van der Waals surface area contributed by atoms with E-state index in [9.17, 15) is 19.2 Å². The zero-order valence-electron chi connectivity index (χ0n) is 29.6. The van der Waals surface area contributed by atoms with Crippen molar-refractivity contribution in [1.82, 2.24) is 9.80 Å². The van der Waals surface area contributed by atoms with Crippen LogP contribution in [-0.2, 0) is 19.1 Å². The SMILES string of the molecule is CCOC(=O)N1C(=O)C2(CCCCC2)N(c2ccc(-c3ccc(C(C)OC(=O)N4C(=O)C5(CCCC5)N(c5ccc(C)cc5)C4=S)cc3)cc2)C1=S. The third-order valence-corrected chi connectivity index (χ3v) is 11.7. The van der Waals surface area contributed by atoms with Gasteiger partial charge in [0.15, 0.2) is 10.2 Å². The monoisotopic (exact) mass is 738 g/mol. The van der Waals surface area contributed by atoms with Crippen LogP contribution in [0.25, 0.3) is 11.1 Å². The molecule has 3 aromatic rings. The van der Waals surface area contributed by atoms with E-state index in [-0.39, 0.29) is 28.6 Å². The summed E-state index contributed by atoms with van der Waals surface area (Å²) < 4.78 is 11.1. The molecule has 0 radical (unpaired) electrons. The molecule has 2 saturated carbocycles. The van der Waals surface area contributed by atoms with Gasteiger partial charge in [0.1, 0.15) is 17.2 Å². The summed E-state index contributed by atoms with van der Waals surface area (Å²) in [5.74, 6) is -0.642. The molecular formula is C40H42N4O6S2. The second kappa shape index (κ2) is 14.0. The van der Waals surface area contributed by atoms with Gasteiger partial charge in [0.05, 0.1) is 6.61 Å². The van der Waals surface area contributed by atoms with Crippen molar-refractivity contribution in [3.8, 4) is 11.1 Å². The van der Waals surface area contributed by atoms with Crippen LogP contribution in [-0.4, -0.2) is 61.7 Å². The van der Waals surface area contributed by atoms with Gasteiger partial charge in [-0.2, -0.15) is 9.80 Å². The van der Waals surface area contributed by atoms with Crippen LogP contribution in [0.4, 0.5) is 21.0 Å². The van der Waals surface area contributed by atoms with Crippen molar-refractivity contribution in [2.45, 2.75) is 95.7 Å². The molecule has 4 amide bonds. The van der Waals surface area contributed by atoms with Gasteiger partial charge in [0.25, 0.3) is 11.8 Å². The number of imide groups is 2. The average Bonchev–Trinajstić information content (AvgIpc) is 3.77. The molecule has 1 atom stereocenters. The fourth-order valence-electron chi connectivity index (χ4n) is 8.26. The Labute approximate surface area is 314 Å². The minimum absolute atomic E-state index is 0.142. The minimum Gasteiger partial charge on any atom is -0.449 e. The number of ether oxygens (including phenoxy) is 2. The van der Waals surface area contributed by atoms with Crippen LogP contribution in [0.1, 0.15) is 88.9 Å². The predicted molar refractivity (Wildman–Crippen MR) is 206 cm³/mol. The first-order valence-corrected chi connectivity index (χ1v) is 18.9. The Morgan fingerprint density at radius 2 is 1.10 bits per heavy atom. The summed E-state index contributed by atoms with van der Waals surface area (Å²) in [4.78, 5) is 59.8. The third-order valence-electron chi connectivity index (χ3n) is 11.0. The van der Waals surface area contributed by atoms with Gasteiger partial charge in [-0.15, -0.1) is 0 Å². The maximum absolute atomic E-state index is 13.9. The average molecular weight is 739 g/mol. The van der Waals surface area contributed by atoms with Crippen LogP contribution < -0.4 is 9.80 Å². The van der Waals surface area contributed by atoms with E-state index in [1.165, 1.54) is 0 Å². The Kier molecular flexibility index (Phi) is 9.64. The maximum atomic E-state index is 13.9. The molecule has 12 heteroatoms. The molecule has 2 aliphatic carbocycles. The number of anilines is 2. The van der Waals surface area contributed by atoms with Gasteiger partial charge in [-0.3, -0.25) is 9.59 Å². The highest BCUT2D eigenvalue weighted by molar-refractivity contribution is 7.80. The largest absolute Gasteiger partial charge is 0.449 e. The van der Waals surface area contributed by atoms with Crippen LogP contribution in [0.15, 0.2) is 72.8 Å². The van der Waals surface area contributed by atoms with Gasteiger partial charge in [-0.05, 0) is 112 Å². The van der Waals surface area contributed by atoms with E-state index >= 15 is 0 Å². The van der Waals surface area contributed by atoms with Gasteiger partial charge < -0.3 is 19.3 Å². The van der Waals surface area contributed by atoms with E-state index in [1.54, 1.807) is 13.8 Å². The smallest absolute Gasteiger partial charge is 0.423 e. The summed E-state index contributed by atoms with van der Waals surface area (Å²) in [7, 11) is 0. The lowest BCUT2D eigenvalue weighted by molar-refractivity contribution is -0.130. The molecule has 4 fully saturated rings. The van der Waals surface area contributed by atoms with Crippen molar-refractivity contribution >= 4 is 70.0 Å². The lowest BCUT2D eigenvalue weighted by atomic mass is 9.80. The summed E-state index contributed by atoms with van der Waals surface area (Å²) in [5, 5.41) is 0.289. The third kappa shape index (κ3) is 5.85. The molecular weight excluding hydrogens is 697 g/mol. The van der Waals surface area contributed by atoms with Gasteiger partial charge in [0, 0.05) is 11.4 Å². The normalized spacial score (nSPS) is 20.0. The van der Waals surface area contributed by atoms with Crippen LogP contribution >= 0.6 is 24.4 Å². The lowest BCUT2D eigenvalue weighted by Crippen LogP contribution is -2.51. The zero-order valence-corrected chi connectivity index (χ0v) is 31.3. The molecule has 0 bridgehead atoms. The van der Waals surface area contributed by atoms with Gasteiger partial charge in [-0.1, -0.05) is 86.2 Å². The van der Waals surface area contributed by atoms with Gasteiger partial charge in [0.2, 0.25) is 0 Å². The van der Waals surface area contributed by atoms with Crippen molar-refractivity contribution in [2.75, 3.05) is 16.4 Å². The summed E-state index contributed by atoms with van der Waals surface area (Å²) >= 11 is 11.5. The molecule has 3 aromatic carbocycles. The minimum atomic E-state index is -0.904. The van der Waals surface area contributed by atoms with E-state index < -0.39 is 29.4 Å². The summed E-state index contributed by atoms with van der Waals surface area (Å²) in [6.07, 6.45) is 4.83. The number of hydrogen-bond donors (Lipinski definition) is 0. The quantitative estimate of drug-likeness (QED) is 0.229. The number of thiocarbonyl (C=S) groups is 2. The number of benzene rings is 3. The molecule has 2 spiro atoms. The number of nitrogens with zero attached hydrogens (tertiary/aromatic N) is 4. The summed E-state index contributed by atoms with van der Waals surface area (Å²) in [6.45, 7) is 5.62. The molecule has 7 rings (SSSR count). The molecule has 10 nitrogen and oxygen atoms in total. The summed E-state index contributed by atoms with van der Waals surface area (Å²) in [5.41, 5.74) is 3.47. The van der Waals surface area contributed by atoms with E-state index in [2.05, 4.69) is 0 Å². The number of carbonyl (C=O) groups is 4. The van der Waals surface area contributed by atoms with Crippen LogP contribution in [0, 0.1) is 6.92 Å². The Morgan fingerprint density at radius 1 is 0.673 bits per heavy atom. The number of aryl methyl sites for hydroxylation is 1. The molecule has 2 aliphatic heterocycles. The highest BCUT2D eigenvalue weighted by Crippen LogP contribution is 2.46. The molecule has 0 N–H and O–H groups in total. The van der Waals surface area contributed by atoms with Crippen LogP contribution in [0.2, 0.25) is 0 Å². The van der Waals surface area contributed by atoms with E-state index in [1.807, 2.05) is 89.5 Å². The number of rotatable bonds is 6. The Bertz CT molecular complexity index is 1920.